The summed E-state index contributed by atoms with van der Waals surface area (Å²) in [6.45, 7) is 2.34. The lowest BCUT2D eigenvalue weighted by Gasteiger charge is -2.23. The fraction of sp³-hybridized carbons (Fsp3) is 0.318. The number of aromatic nitrogens is 3. The summed E-state index contributed by atoms with van der Waals surface area (Å²) in [5.41, 5.74) is 2.04. The fourth-order valence-electron chi connectivity index (χ4n) is 3.13. The molecule has 1 aliphatic heterocycles. The van der Waals surface area contributed by atoms with Crippen LogP contribution in [0.4, 0.5) is 17.6 Å². The number of piperidine rings is 1. The smallest absolute Gasteiger partial charge is 0.475 e. The van der Waals surface area contributed by atoms with Crippen molar-refractivity contribution in [2.45, 2.75) is 31.7 Å². The van der Waals surface area contributed by atoms with Crippen molar-refractivity contribution in [3.63, 3.8) is 0 Å². The van der Waals surface area contributed by atoms with Crippen LogP contribution in [0.5, 0.6) is 5.88 Å². The van der Waals surface area contributed by atoms with Gasteiger partial charge in [0.1, 0.15) is 11.9 Å². The van der Waals surface area contributed by atoms with E-state index in [0.717, 1.165) is 31.5 Å². The molecule has 3 aromatic rings. The highest BCUT2D eigenvalue weighted by Crippen LogP contribution is 2.24. The molecule has 1 fully saturated rings. The van der Waals surface area contributed by atoms with Gasteiger partial charge in [0, 0.05) is 29.6 Å². The second-order valence-electron chi connectivity index (χ2n) is 7.24. The average Bonchev–Trinajstić information content (AvgIpc) is 3.29. The Bertz CT molecular complexity index is 1050. The largest absolute Gasteiger partial charge is 0.490 e. The molecular formula is C22H22F4N4O3. The zero-order chi connectivity index (χ0) is 23.8. The van der Waals surface area contributed by atoms with Crippen LogP contribution >= 0.6 is 0 Å². The number of alkyl halides is 3. The molecule has 1 aliphatic rings. The molecule has 11 heteroatoms. The molecule has 0 aliphatic carbocycles. The number of nitrogens with zero attached hydrogens (tertiary/aromatic N) is 3. The van der Waals surface area contributed by atoms with Gasteiger partial charge in [-0.15, -0.1) is 0 Å². The van der Waals surface area contributed by atoms with E-state index in [-0.39, 0.29) is 11.9 Å². The summed E-state index contributed by atoms with van der Waals surface area (Å²) in [6.07, 6.45) is 0.554. The van der Waals surface area contributed by atoms with Crippen molar-refractivity contribution in [2.75, 3.05) is 13.1 Å². The number of carbonyl (C=O) groups is 1. The molecular weight excluding hydrogens is 444 g/mol. The van der Waals surface area contributed by atoms with Crippen molar-refractivity contribution in [3.05, 3.63) is 66.2 Å². The molecule has 1 saturated heterocycles. The molecule has 0 bridgehead atoms. The first-order chi connectivity index (χ1) is 15.7. The highest BCUT2D eigenvalue weighted by molar-refractivity contribution is 5.73. The molecule has 3 heterocycles. The number of pyridine rings is 1. The highest BCUT2D eigenvalue weighted by Gasteiger charge is 2.38. The number of halogens is 4. The van der Waals surface area contributed by atoms with E-state index in [2.05, 4.69) is 15.4 Å². The van der Waals surface area contributed by atoms with Crippen LogP contribution < -0.4 is 10.1 Å². The summed E-state index contributed by atoms with van der Waals surface area (Å²) in [5, 5.41) is 14.6. The van der Waals surface area contributed by atoms with E-state index >= 15 is 0 Å². The minimum Gasteiger partial charge on any atom is -0.475 e. The number of rotatable bonds is 5. The Kier molecular flexibility index (Phi) is 7.99. The maximum atomic E-state index is 14.5. The van der Waals surface area contributed by atoms with Gasteiger partial charge in [-0.05, 0) is 44.1 Å². The molecule has 1 aromatic carbocycles. The Morgan fingerprint density at radius 2 is 1.91 bits per heavy atom. The van der Waals surface area contributed by atoms with Crippen molar-refractivity contribution < 1.29 is 32.2 Å². The normalized spacial score (nSPS) is 14.3. The van der Waals surface area contributed by atoms with E-state index in [1.165, 1.54) is 6.07 Å². The van der Waals surface area contributed by atoms with E-state index < -0.39 is 12.1 Å². The molecule has 33 heavy (non-hydrogen) atoms. The molecule has 0 atom stereocenters. The van der Waals surface area contributed by atoms with E-state index in [9.17, 15) is 17.6 Å². The number of carboxylic acids is 1. The third-order valence-electron chi connectivity index (χ3n) is 4.78. The van der Waals surface area contributed by atoms with Gasteiger partial charge in [0.15, 0.2) is 0 Å². The summed E-state index contributed by atoms with van der Waals surface area (Å²) >= 11 is 0. The quantitative estimate of drug-likeness (QED) is 0.555. The summed E-state index contributed by atoms with van der Waals surface area (Å²) < 4.78 is 53.9. The number of benzene rings is 1. The van der Waals surface area contributed by atoms with Gasteiger partial charge in [0.2, 0.25) is 5.88 Å². The zero-order valence-corrected chi connectivity index (χ0v) is 17.4. The van der Waals surface area contributed by atoms with Crippen molar-refractivity contribution in [1.29, 1.82) is 0 Å². The third-order valence-corrected chi connectivity index (χ3v) is 4.78. The Morgan fingerprint density at radius 1 is 1.18 bits per heavy atom. The van der Waals surface area contributed by atoms with Crippen LogP contribution in [0.15, 0.2) is 54.9 Å². The van der Waals surface area contributed by atoms with E-state index in [4.69, 9.17) is 14.6 Å². The zero-order valence-electron chi connectivity index (χ0n) is 17.4. The minimum atomic E-state index is -5.08. The molecule has 0 amide bonds. The maximum absolute atomic E-state index is 14.5. The Hall–Kier alpha value is -3.47. The van der Waals surface area contributed by atoms with Crippen LogP contribution in [-0.2, 0) is 11.3 Å². The minimum absolute atomic E-state index is 0.187. The van der Waals surface area contributed by atoms with Gasteiger partial charge in [-0.2, -0.15) is 18.3 Å². The number of nitrogens with one attached hydrogen (secondary N) is 1. The maximum Gasteiger partial charge on any atom is 0.490 e. The van der Waals surface area contributed by atoms with Crippen LogP contribution in [0.25, 0.3) is 11.3 Å². The second kappa shape index (κ2) is 10.9. The summed E-state index contributed by atoms with van der Waals surface area (Å²) in [5.74, 6) is -2.42. The monoisotopic (exact) mass is 466 g/mol. The van der Waals surface area contributed by atoms with E-state index in [1.807, 2.05) is 36.5 Å². The van der Waals surface area contributed by atoms with Gasteiger partial charge >= 0.3 is 12.1 Å². The number of carboxylic acid groups (broad SMARTS) is 1. The van der Waals surface area contributed by atoms with Crippen molar-refractivity contribution in [3.8, 4) is 17.1 Å². The lowest BCUT2D eigenvalue weighted by molar-refractivity contribution is -0.192. The number of aliphatic carboxylic acids is 1. The van der Waals surface area contributed by atoms with Gasteiger partial charge in [0.05, 0.1) is 12.2 Å². The Labute approximate surface area is 187 Å². The lowest BCUT2D eigenvalue weighted by Crippen LogP contribution is -2.34. The summed E-state index contributed by atoms with van der Waals surface area (Å²) in [6, 6.07) is 12.6. The van der Waals surface area contributed by atoms with Crippen molar-refractivity contribution >= 4 is 5.97 Å². The van der Waals surface area contributed by atoms with E-state index in [1.54, 1.807) is 16.9 Å². The molecule has 0 saturated carbocycles. The predicted octanol–water partition coefficient (Wildman–Crippen LogP) is 3.90. The van der Waals surface area contributed by atoms with Gasteiger partial charge in [0.25, 0.3) is 0 Å². The SMILES string of the molecule is Fc1cc(-c2cccc(OC3CCNCC3)n2)ccc1Cn1cccn1.O=C(O)C(F)(F)F. The first-order valence-corrected chi connectivity index (χ1v) is 10.1. The molecule has 4 rings (SSSR count). The van der Waals surface area contributed by atoms with Gasteiger partial charge in [-0.1, -0.05) is 18.2 Å². The predicted molar refractivity (Wildman–Crippen MR) is 111 cm³/mol. The van der Waals surface area contributed by atoms with Gasteiger partial charge in [-0.3, -0.25) is 4.68 Å². The molecule has 0 spiro atoms. The Morgan fingerprint density at radius 3 is 2.52 bits per heavy atom. The van der Waals surface area contributed by atoms with Gasteiger partial charge in [-0.25, -0.2) is 14.2 Å². The van der Waals surface area contributed by atoms with Crippen LogP contribution in [0.3, 0.4) is 0 Å². The standard InChI is InChI=1S/C20H21FN4O.C2HF3O2/c21-18-13-15(5-6-16(18)14-25-12-2-9-23-25)19-3-1-4-20(24-19)26-17-7-10-22-11-8-17;3-2(4,5)1(6)7/h1-6,9,12-13,17,22H,7-8,10-11,14H2;(H,6,7). The molecule has 0 radical (unpaired) electrons. The number of ether oxygens (including phenoxy) is 1. The second-order valence-corrected chi connectivity index (χ2v) is 7.24. The first-order valence-electron chi connectivity index (χ1n) is 10.1. The van der Waals surface area contributed by atoms with Crippen LogP contribution in [0, 0.1) is 5.82 Å². The summed E-state index contributed by atoms with van der Waals surface area (Å²) in [4.78, 5) is 13.5. The number of hydrogen-bond donors (Lipinski definition) is 2. The molecule has 7 nitrogen and oxygen atoms in total. The Balaban J connectivity index is 0.000000383. The third kappa shape index (κ3) is 7.28. The van der Waals surface area contributed by atoms with E-state index in [0.29, 0.717) is 23.7 Å². The van der Waals surface area contributed by atoms with Crippen molar-refractivity contribution in [1.82, 2.24) is 20.1 Å². The first kappa shape index (κ1) is 24.2. The molecule has 0 unspecified atom stereocenters. The molecule has 2 N–H and O–H groups in total. The van der Waals surface area contributed by atoms with Crippen LogP contribution in [-0.4, -0.2) is 51.2 Å². The molecule has 176 valence electrons. The van der Waals surface area contributed by atoms with Crippen LogP contribution in [0.2, 0.25) is 0 Å². The lowest BCUT2D eigenvalue weighted by atomic mass is 10.1. The average molecular weight is 466 g/mol. The molecule has 2 aromatic heterocycles. The van der Waals surface area contributed by atoms with Crippen LogP contribution in [0.1, 0.15) is 18.4 Å². The van der Waals surface area contributed by atoms with Gasteiger partial charge < -0.3 is 15.2 Å². The highest BCUT2D eigenvalue weighted by atomic mass is 19.4. The van der Waals surface area contributed by atoms with Crippen molar-refractivity contribution in [2.24, 2.45) is 0 Å². The fourth-order valence-corrected chi connectivity index (χ4v) is 3.13. The number of hydrogen-bond acceptors (Lipinski definition) is 5. The topological polar surface area (TPSA) is 89.3 Å². The summed E-state index contributed by atoms with van der Waals surface area (Å²) in [7, 11) is 0.